The van der Waals surface area contributed by atoms with Crippen molar-refractivity contribution in [3.8, 4) is 0 Å². The second kappa shape index (κ2) is 8.49. The summed E-state index contributed by atoms with van der Waals surface area (Å²) in [5, 5.41) is 22.0. The SMILES string of the molecule is O=C(C[n+]1cccc(Cn2nnc3ccccc3c2=O)c1)Nc1ccc([N+](=O)[O-])cc1. The summed E-state index contributed by atoms with van der Waals surface area (Å²) in [6.07, 6.45) is 3.48. The molecular formula is C21H17N6O4+. The van der Waals surface area contributed by atoms with E-state index in [1.54, 1.807) is 47.3 Å². The molecule has 31 heavy (non-hydrogen) atoms. The highest BCUT2D eigenvalue weighted by Gasteiger charge is 2.13. The van der Waals surface area contributed by atoms with Crippen molar-refractivity contribution in [2.75, 3.05) is 5.32 Å². The van der Waals surface area contributed by atoms with Gasteiger partial charge in [-0.1, -0.05) is 17.3 Å². The lowest BCUT2D eigenvalue weighted by Crippen LogP contribution is -2.40. The number of aromatic nitrogens is 4. The van der Waals surface area contributed by atoms with Crippen LogP contribution in [0.25, 0.3) is 10.9 Å². The average Bonchev–Trinajstić information content (AvgIpc) is 2.76. The van der Waals surface area contributed by atoms with Gasteiger partial charge in [-0.05, 0) is 30.3 Å². The molecule has 0 fully saturated rings. The topological polar surface area (TPSA) is 124 Å². The van der Waals surface area contributed by atoms with E-state index in [4.69, 9.17) is 0 Å². The van der Waals surface area contributed by atoms with E-state index in [0.717, 1.165) is 5.56 Å². The van der Waals surface area contributed by atoms with E-state index in [0.29, 0.717) is 16.6 Å². The minimum Gasteiger partial charge on any atom is -0.321 e. The molecule has 10 heteroatoms. The summed E-state index contributed by atoms with van der Waals surface area (Å²) in [6.45, 7) is 0.241. The normalized spacial score (nSPS) is 10.7. The lowest BCUT2D eigenvalue weighted by Gasteiger charge is -2.05. The lowest BCUT2D eigenvalue weighted by molar-refractivity contribution is -0.684. The minimum absolute atomic E-state index is 0.0309. The van der Waals surface area contributed by atoms with Gasteiger partial charge in [0.2, 0.25) is 6.54 Å². The molecule has 1 N–H and O–H groups in total. The van der Waals surface area contributed by atoms with Gasteiger partial charge >= 0.3 is 0 Å². The van der Waals surface area contributed by atoms with Crippen molar-refractivity contribution in [3.63, 3.8) is 0 Å². The summed E-state index contributed by atoms with van der Waals surface area (Å²) >= 11 is 0. The van der Waals surface area contributed by atoms with E-state index < -0.39 is 4.92 Å². The predicted molar refractivity (Wildman–Crippen MR) is 111 cm³/mol. The molecule has 0 aliphatic rings. The van der Waals surface area contributed by atoms with E-state index in [1.807, 2.05) is 6.07 Å². The molecule has 0 saturated heterocycles. The van der Waals surface area contributed by atoms with Crippen LogP contribution in [0.15, 0.2) is 77.9 Å². The summed E-state index contributed by atoms with van der Waals surface area (Å²) in [5.41, 5.74) is 1.49. The first kappa shape index (κ1) is 19.8. The Morgan fingerprint density at radius 3 is 2.65 bits per heavy atom. The maximum Gasteiger partial charge on any atom is 0.290 e. The zero-order valence-electron chi connectivity index (χ0n) is 16.2. The van der Waals surface area contributed by atoms with Gasteiger partial charge in [0.05, 0.1) is 16.9 Å². The number of rotatable bonds is 6. The van der Waals surface area contributed by atoms with E-state index in [2.05, 4.69) is 15.6 Å². The molecule has 0 bridgehead atoms. The second-order valence-corrected chi connectivity index (χ2v) is 6.81. The predicted octanol–water partition coefficient (Wildman–Crippen LogP) is 1.67. The van der Waals surface area contributed by atoms with Crippen molar-refractivity contribution < 1.29 is 14.3 Å². The smallest absolute Gasteiger partial charge is 0.290 e. The number of nitrogens with zero attached hydrogens (tertiary/aromatic N) is 5. The van der Waals surface area contributed by atoms with Crippen LogP contribution in [0.3, 0.4) is 0 Å². The summed E-state index contributed by atoms with van der Waals surface area (Å²) in [4.78, 5) is 35.1. The highest BCUT2D eigenvalue weighted by Crippen LogP contribution is 2.15. The highest BCUT2D eigenvalue weighted by molar-refractivity contribution is 5.89. The van der Waals surface area contributed by atoms with E-state index in [9.17, 15) is 19.7 Å². The zero-order chi connectivity index (χ0) is 21.8. The van der Waals surface area contributed by atoms with Gasteiger partial charge in [0.25, 0.3) is 17.2 Å². The number of nitrogens with one attached hydrogen (secondary N) is 1. The van der Waals surface area contributed by atoms with Gasteiger partial charge in [-0.2, -0.15) is 4.57 Å². The number of non-ortho nitro benzene ring substituents is 1. The van der Waals surface area contributed by atoms with Crippen LogP contribution in [0.2, 0.25) is 0 Å². The number of fused-ring (bicyclic) bond motifs is 1. The number of nitro benzene ring substituents is 1. The second-order valence-electron chi connectivity index (χ2n) is 6.81. The van der Waals surface area contributed by atoms with Crippen LogP contribution in [0.4, 0.5) is 11.4 Å². The van der Waals surface area contributed by atoms with Gasteiger partial charge in [-0.3, -0.25) is 19.7 Å². The molecule has 0 unspecified atom stereocenters. The van der Waals surface area contributed by atoms with Gasteiger partial charge in [-0.15, -0.1) is 5.10 Å². The lowest BCUT2D eigenvalue weighted by atomic mass is 10.2. The number of anilines is 1. The van der Waals surface area contributed by atoms with Crippen molar-refractivity contribution in [1.29, 1.82) is 0 Å². The molecule has 1 amide bonds. The molecule has 0 radical (unpaired) electrons. The molecule has 0 atom stereocenters. The monoisotopic (exact) mass is 417 g/mol. The fraction of sp³-hybridized carbons (Fsp3) is 0.0952. The third kappa shape index (κ3) is 4.58. The van der Waals surface area contributed by atoms with Crippen LogP contribution in [0.5, 0.6) is 0 Å². The number of pyridine rings is 1. The molecule has 0 saturated carbocycles. The Labute approximate surface area is 175 Å². The summed E-state index contributed by atoms with van der Waals surface area (Å²) in [5.74, 6) is -0.293. The summed E-state index contributed by atoms with van der Waals surface area (Å²) in [6, 6.07) is 16.2. The van der Waals surface area contributed by atoms with Crippen molar-refractivity contribution in [2.24, 2.45) is 0 Å². The van der Waals surface area contributed by atoms with Gasteiger partial charge in [0, 0.05) is 29.4 Å². The first-order valence-electron chi connectivity index (χ1n) is 9.34. The fourth-order valence-corrected chi connectivity index (χ4v) is 3.10. The summed E-state index contributed by atoms with van der Waals surface area (Å²) in [7, 11) is 0. The Bertz CT molecular complexity index is 1330. The Morgan fingerprint density at radius 2 is 1.87 bits per heavy atom. The van der Waals surface area contributed by atoms with Gasteiger partial charge in [-0.25, -0.2) is 4.68 Å². The van der Waals surface area contributed by atoms with Crippen LogP contribution < -0.4 is 15.4 Å². The fourth-order valence-electron chi connectivity index (χ4n) is 3.10. The third-order valence-corrected chi connectivity index (χ3v) is 4.57. The summed E-state index contributed by atoms with van der Waals surface area (Å²) < 4.78 is 2.95. The molecule has 10 nitrogen and oxygen atoms in total. The van der Waals surface area contributed by atoms with Gasteiger partial charge in [0.15, 0.2) is 12.4 Å². The Hall–Kier alpha value is -4.47. The number of carbonyl (C=O) groups excluding carboxylic acids is 1. The molecule has 2 aromatic heterocycles. The molecule has 0 aliphatic heterocycles. The number of carbonyl (C=O) groups is 1. The molecule has 4 aromatic rings. The highest BCUT2D eigenvalue weighted by atomic mass is 16.6. The number of benzene rings is 2. The van der Waals surface area contributed by atoms with Crippen LogP contribution in [-0.2, 0) is 17.9 Å². The molecule has 0 spiro atoms. The van der Waals surface area contributed by atoms with Crippen LogP contribution in [0, 0.1) is 10.1 Å². The number of hydrogen-bond donors (Lipinski definition) is 1. The van der Waals surface area contributed by atoms with Crippen molar-refractivity contribution in [1.82, 2.24) is 15.0 Å². The maximum absolute atomic E-state index is 12.6. The standard InChI is InChI=1S/C21H16N6O4/c28-20(22-16-7-9-17(10-8-16)27(30)31)14-25-11-3-4-15(12-25)13-26-21(29)18-5-1-2-6-19(18)23-24-26/h1-12H,13-14H2/p+1. The number of hydrogen-bond acceptors (Lipinski definition) is 6. The zero-order valence-corrected chi connectivity index (χ0v) is 16.2. The van der Waals surface area contributed by atoms with Crippen molar-refractivity contribution in [3.05, 3.63) is 99.1 Å². The van der Waals surface area contributed by atoms with Crippen molar-refractivity contribution >= 4 is 28.2 Å². The van der Waals surface area contributed by atoms with Crippen LogP contribution in [0.1, 0.15) is 5.56 Å². The van der Waals surface area contributed by atoms with Gasteiger partial charge in [0.1, 0.15) is 5.52 Å². The maximum atomic E-state index is 12.6. The largest absolute Gasteiger partial charge is 0.321 e. The Morgan fingerprint density at radius 1 is 1.10 bits per heavy atom. The number of amides is 1. The van der Waals surface area contributed by atoms with E-state index in [1.165, 1.54) is 28.9 Å². The van der Waals surface area contributed by atoms with E-state index >= 15 is 0 Å². The third-order valence-electron chi connectivity index (χ3n) is 4.57. The molecule has 2 aromatic carbocycles. The van der Waals surface area contributed by atoms with Crippen molar-refractivity contribution in [2.45, 2.75) is 13.1 Å². The molecule has 154 valence electrons. The first-order valence-corrected chi connectivity index (χ1v) is 9.34. The first-order chi connectivity index (χ1) is 15.0. The van der Waals surface area contributed by atoms with E-state index in [-0.39, 0.29) is 30.2 Å². The van der Waals surface area contributed by atoms with Crippen LogP contribution >= 0.6 is 0 Å². The Balaban J connectivity index is 1.46. The molecule has 4 rings (SSSR count). The molecule has 2 heterocycles. The van der Waals surface area contributed by atoms with Gasteiger partial charge < -0.3 is 5.32 Å². The molecular weight excluding hydrogens is 400 g/mol. The minimum atomic E-state index is -0.502. The van der Waals surface area contributed by atoms with Crippen LogP contribution in [-0.4, -0.2) is 25.8 Å². The average molecular weight is 417 g/mol. The quantitative estimate of drug-likeness (QED) is 0.289. The Kier molecular flexibility index (Phi) is 5.43. The number of nitro groups is 1. The molecule has 0 aliphatic carbocycles.